The van der Waals surface area contributed by atoms with E-state index in [0.717, 1.165) is 16.7 Å². The van der Waals surface area contributed by atoms with Gasteiger partial charge in [-0.25, -0.2) is 4.79 Å². The third-order valence-corrected chi connectivity index (χ3v) is 5.30. The summed E-state index contributed by atoms with van der Waals surface area (Å²) in [6.45, 7) is 4.10. The van der Waals surface area contributed by atoms with Crippen LogP contribution >= 0.6 is 11.6 Å². The first-order valence-electron chi connectivity index (χ1n) is 9.90. The zero-order chi connectivity index (χ0) is 22.4. The summed E-state index contributed by atoms with van der Waals surface area (Å²) in [5.41, 5.74) is 3.06. The topological polar surface area (TPSA) is 66.8 Å². The number of rotatable bonds is 8. The molecule has 0 aliphatic rings. The summed E-state index contributed by atoms with van der Waals surface area (Å²) < 4.78 is 5.61. The van der Waals surface area contributed by atoms with Crippen molar-refractivity contribution in [2.75, 3.05) is 6.61 Å². The Morgan fingerprint density at radius 3 is 2.35 bits per heavy atom. The van der Waals surface area contributed by atoms with Crippen molar-refractivity contribution in [3.05, 3.63) is 100 Å². The second-order valence-electron chi connectivity index (χ2n) is 7.33. The number of hydrogen-bond donors (Lipinski definition) is 1. The monoisotopic (exact) mass is 437 g/mol. The molecule has 0 aliphatic heterocycles. The molecule has 0 heterocycles. The first-order valence-corrected chi connectivity index (χ1v) is 10.3. The van der Waals surface area contributed by atoms with E-state index >= 15 is 0 Å². The molecule has 6 heteroatoms. The molecule has 1 N–H and O–H groups in total. The summed E-state index contributed by atoms with van der Waals surface area (Å²) in [5.74, 6) is -1.31. The Morgan fingerprint density at radius 2 is 1.71 bits per heavy atom. The first kappa shape index (κ1) is 22.4. The molecule has 0 saturated carbocycles. The van der Waals surface area contributed by atoms with Crippen molar-refractivity contribution in [1.29, 1.82) is 0 Å². The van der Waals surface area contributed by atoms with Gasteiger partial charge in [0.15, 0.2) is 6.61 Å². The average Bonchev–Trinajstić information content (AvgIpc) is 2.77. The highest BCUT2D eigenvalue weighted by Crippen LogP contribution is 2.25. The Kier molecular flexibility index (Phi) is 7.32. The fourth-order valence-corrected chi connectivity index (χ4v) is 3.43. The van der Waals surface area contributed by atoms with Gasteiger partial charge >= 0.3 is 5.97 Å². The van der Waals surface area contributed by atoms with E-state index in [1.165, 1.54) is 18.2 Å². The fraction of sp³-hybridized carbons (Fsp3) is 0.200. The lowest BCUT2D eigenvalue weighted by Gasteiger charge is -2.30. The van der Waals surface area contributed by atoms with Crippen LogP contribution in [0.15, 0.2) is 72.8 Å². The molecule has 3 aromatic carbocycles. The number of ether oxygens (including phenoxy) is 1. The fourth-order valence-electron chi connectivity index (χ4n) is 3.26. The molecule has 3 rings (SSSR count). The van der Waals surface area contributed by atoms with E-state index in [1.807, 2.05) is 68.4 Å². The Labute approximate surface area is 186 Å². The third-order valence-electron chi connectivity index (χ3n) is 5.07. The van der Waals surface area contributed by atoms with Crippen LogP contribution in [0.5, 0.6) is 5.75 Å². The summed E-state index contributed by atoms with van der Waals surface area (Å²) in [7, 11) is 0. The zero-order valence-corrected chi connectivity index (χ0v) is 18.2. The normalized spacial score (nSPS) is 11.6. The lowest BCUT2D eigenvalue weighted by atomic mass is 10.1. The Morgan fingerprint density at radius 1 is 1.03 bits per heavy atom. The van der Waals surface area contributed by atoms with Crippen molar-refractivity contribution in [2.45, 2.75) is 26.4 Å². The molecular formula is C25H24ClNO4. The molecule has 0 unspecified atom stereocenters. The smallest absolute Gasteiger partial charge is 0.339 e. The van der Waals surface area contributed by atoms with Crippen LogP contribution in [0, 0.1) is 6.92 Å². The van der Waals surface area contributed by atoms with Gasteiger partial charge in [-0.1, -0.05) is 71.8 Å². The molecule has 0 aliphatic carbocycles. The highest BCUT2D eigenvalue weighted by molar-refractivity contribution is 6.31. The van der Waals surface area contributed by atoms with Gasteiger partial charge < -0.3 is 14.7 Å². The van der Waals surface area contributed by atoms with Gasteiger partial charge in [-0.2, -0.15) is 0 Å². The van der Waals surface area contributed by atoms with Crippen molar-refractivity contribution >= 4 is 23.5 Å². The van der Waals surface area contributed by atoms with E-state index in [0.29, 0.717) is 6.54 Å². The van der Waals surface area contributed by atoms with E-state index in [9.17, 15) is 14.7 Å². The van der Waals surface area contributed by atoms with E-state index in [4.69, 9.17) is 16.3 Å². The van der Waals surface area contributed by atoms with Crippen molar-refractivity contribution in [3.8, 4) is 5.75 Å². The van der Waals surface area contributed by atoms with E-state index in [1.54, 1.807) is 4.90 Å². The highest BCUT2D eigenvalue weighted by atomic mass is 35.5. The maximum Gasteiger partial charge on any atom is 0.339 e. The zero-order valence-electron chi connectivity index (χ0n) is 17.4. The van der Waals surface area contributed by atoms with E-state index in [2.05, 4.69) is 0 Å². The minimum absolute atomic E-state index is 0.0820. The number of aromatic carboxylic acids is 1. The van der Waals surface area contributed by atoms with Gasteiger partial charge in [0.25, 0.3) is 5.91 Å². The molecule has 0 fully saturated rings. The number of benzene rings is 3. The van der Waals surface area contributed by atoms with Gasteiger partial charge in [-0.3, -0.25) is 4.79 Å². The van der Waals surface area contributed by atoms with Crippen molar-refractivity contribution in [3.63, 3.8) is 0 Å². The summed E-state index contributed by atoms with van der Waals surface area (Å²) in [4.78, 5) is 26.4. The maximum absolute atomic E-state index is 13.2. The largest absolute Gasteiger partial charge is 0.483 e. The van der Waals surface area contributed by atoms with Gasteiger partial charge in [0.1, 0.15) is 11.3 Å². The molecule has 5 nitrogen and oxygen atoms in total. The number of hydrogen-bond acceptors (Lipinski definition) is 3. The predicted octanol–water partition coefficient (Wildman–Crippen LogP) is 5.52. The predicted molar refractivity (Wildman–Crippen MR) is 120 cm³/mol. The average molecular weight is 438 g/mol. The minimum Gasteiger partial charge on any atom is -0.483 e. The Hall–Kier alpha value is -3.31. The molecule has 0 spiro atoms. The van der Waals surface area contributed by atoms with Crippen molar-refractivity contribution in [2.24, 2.45) is 0 Å². The molecular weight excluding hydrogens is 414 g/mol. The molecule has 3 aromatic rings. The summed E-state index contributed by atoms with van der Waals surface area (Å²) in [6.07, 6.45) is 0. The number of halogens is 1. The standard InChI is InChI=1S/C25H24ClNO4/c1-17-8-10-19(11-9-17)15-27(18(2)20-6-4-3-5-7-20)24(28)16-31-23-13-12-21(26)14-22(23)25(29)30/h3-14,18H,15-16H2,1-2H3,(H,29,30)/t18-/m0/s1. The number of aryl methyl sites for hydroxylation is 1. The van der Waals surface area contributed by atoms with Gasteiger partial charge in [0.05, 0.1) is 6.04 Å². The Bertz CT molecular complexity index is 1050. The van der Waals surface area contributed by atoms with Crippen LogP contribution in [0.4, 0.5) is 0 Å². The highest BCUT2D eigenvalue weighted by Gasteiger charge is 2.23. The van der Waals surface area contributed by atoms with Gasteiger partial charge in [0.2, 0.25) is 0 Å². The second kappa shape index (κ2) is 10.1. The van der Waals surface area contributed by atoms with Gasteiger partial charge in [0, 0.05) is 11.6 Å². The summed E-state index contributed by atoms with van der Waals surface area (Å²) >= 11 is 5.89. The lowest BCUT2D eigenvalue weighted by Crippen LogP contribution is -2.36. The SMILES string of the molecule is Cc1ccc(CN(C(=O)COc2ccc(Cl)cc2C(=O)O)[C@@H](C)c2ccccc2)cc1. The number of carboxylic acids is 1. The van der Waals surface area contributed by atoms with Crippen LogP contribution in [0.1, 0.15) is 40.0 Å². The second-order valence-corrected chi connectivity index (χ2v) is 7.76. The molecule has 1 atom stereocenters. The number of amides is 1. The molecule has 0 bridgehead atoms. The minimum atomic E-state index is -1.17. The van der Waals surface area contributed by atoms with Crippen LogP contribution < -0.4 is 4.74 Å². The number of carbonyl (C=O) groups is 2. The quantitative estimate of drug-likeness (QED) is 0.504. The molecule has 0 saturated heterocycles. The molecule has 31 heavy (non-hydrogen) atoms. The Balaban J connectivity index is 1.82. The lowest BCUT2D eigenvalue weighted by molar-refractivity contribution is -0.136. The molecule has 160 valence electrons. The summed E-state index contributed by atoms with van der Waals surface area (Å²) in [5, 5.41) is 9.67. The number of nitrogens with zero attached hydrogens (tertiary/aromatic N) is 1. The van der Waals surface area contributed by atoms with Gasteiger partial charge in [-0.15, -0.1) is 0 Å². The van der Waals surface area contributed by atoms with E-state index in [-0.39, 0.29) is 34.9 Å². The number of carboxylic acid groups (broad SMARTS) is 1. The van der Waals surface area contributed by atoms with Gasteiger partial charge in [-0.05, 0) is 43.2 Å². The first-order chi connectivity index (χ1) is 14.8. The van der Waals surface area contributed by atoms with Crippen molar-refractivity contribution < 1.29 is 19.4 Å². The van der Waals surface area contributed by atoms with Crippen molar-refractivity contribution in [1.82, 2.24) is 4.90 Å². The molecule has 0 radical (unpaired) electrons. The van der Waals surface area contributed by atoms with Crippen LogP contribution in [0.2, 0.25) is 5.02 Å². The number of carbonyl (C=O) groups excluding carboxylic acids is 1. The molecule has 0 aromatic heterocycles. The summed E-state index contributed by atoms with van der Waals surface area (Å²) in [6, 6.07) is 21.9. The third kappa shape index (κ3) is 5.86. The van der Waals surface area contributed by atoms with Crippen LogP contribution in [-0.4, -0.2) is 28.5 Å². The van der Waals surface area contributed by atoms with E-state index < -0.39 is 5.97 Å². The van der Waals surface area contributed by atoms with Crippen LogP contribution in [0.25, 0.3) is 0 Å². The van der Waals surface area contributed by atoms with Crippen LogP contribution in [0.3, 0.4) is 0 Å². The maximum atomic E-state index is 13.2. The van der Waals surface area contributed by atoms with Crippen LogP contribution in [-0.2, 0) is 11.3 Å². The molecule has 1 amide bonds.